The molecule has 0 bridgehead atoms. The van der Waals surface area contributed by atoms with Gasteiger partial charge in [0.25, 0.3) is 0 Å². The highest BCUT2D eigenvalue weighted by Crippen LogP contribution is 2.38. The fraction of sp³-hybridized carbons (Fsp3) is 1.00. The van der Waals surface area contributed by atoms with Crippen LogP contribution in [0.15, 0.2) is 0 Å². The molecular formula is C17H33NO. The van der Waals surface area contributed by atoms with E-state index in [0.29, 0.717) is 12.6 Å². The second-order valence-electron chi connectivity index (χ2n) is 7.68. The smallest absolute Gasteiger partial charge is 0.0499 e. The summed E-state index contributed by atoms with van der Waals surface area (Å²) in [5, 5.41) is 13.6. The quantitative estimate of drug-likeness (QED) is 0.798. The highest BCUT2D eigenvalue weighted by molar-refractivity contribution is 4.91. The van der Waals surface area contributed by atoms with Gasteiger partial charge in [0.05, 0.1) is 0 Å². The van der Waals surface area contributed by atoms with Crippen molar-refractivity contribution in [3.8, 4) is 0 Å². The monoisotopic (exact) mass is 267 g/mol. The highest BCUT2D eigenvalue weighted by Gasteiger charge is 2.36. The Morgan fingerprint density at radius 2 is 1.89 bits per heavy atom. The third-order valence-electron chi connectivity index (χ3n) is 5.76. The Balaban J connectivity index is 1.91. The zero-order valence-electron chi connectivity index (χ0n) is 13.1. The van der Waals surface area contributed by atoms with Crippen LogP contribution < -0.4 is 5.32 Å². The molecule has 0 aliphatic heterocycles. The number of rotatable bonds is 5. The lowest BCUT2D eigenvalue weighted by Crippen LogP contribution is -2.47. The van der Waals surface area contributed by atoms with Gasteiger partial charge in [-0.15, -0.1) is 0 Å². The maximum Gasteiger partial charge on any atom is 0.0499 e. The maximum absolute atomic E-state index is 9.73. The van der Waals surface area contributed by atoms with Crippen molar-refractivity contribution >= 4 is 0 Å². The molecule has 0 spiro atoms. The fourth-order valence-electron chi connectivity index (χ4n) is 4.30. The molecule has 19 heavy (non-hydrogen) atoms. The predicted molar refractivity (Wildman–Crippen MR) is 81.1 cm³/mol. The van der Waals surface area contributed by atoms with Crippen LogP contribution in [-0.4, -0.2) is 24.3 Å². The molecule has 2 nitrogen and oxygen atoms in total. The first-order valence-corrected chi connectivity index (χ1v) is 8.40. The Bertz CT molecular complexity index is 270. The SMILES string of the molecule is CC1CCC(C(C)C)C(NCC2(CO)CCCC2)C1. The summed E-state index contributed by atoms with van der Waals surface area (Å²) >= 11 is 0. The summed E-state index contributed by atoms with van der Waals surface area (Å²) in [7, 11) is 0. The lowest BCUT2D eigenvalue weighted by Gasteiger charge is -2.40. The van der Waals surface area contributed by atoms with E-state index < -0.39 is 0 Å². The summed E-state index contributed by atoms with van der Waals surface area (Å²) in [6.45, 7) is 8.53. The second-order valence-corrected chi connectivity index (χ2v) is 7.68. The van der Waals surface area contributed by atoms with Crippen LogP contribution in [0.25, 0.3) is 0 Å². The van der Waals surface area contributed by atoms with Crippen LogP contribution in [0.3, 0.4) is 0 Å². The minimum Gasteiger partial charge on any atom is -0.396 e. The van der Waals surface area contributed by atoms with Crippen molar-refractivity contribution in [3.63, 3.8) is 0 Å². The molecule has 112 valence electrons. The molecule has 0 radical (unpaired) electrons. The molecule has 0 amide bonds. The molecule has 0 aromatic rings. The number of nitrogens with one attached hydrogen (secondary N) is 1. The zero-order chi connectivity index (χ0) is 13.9. The van der Waals surface area contributed by atoms with Gasteiger partial charge in [-0.2, -0.15) is 0 Å². The van der Waals surface area contributed by atoms with E-state index in [1.54, 1.807) is 0 Å². The second kappa shape index (κ2) is 6.58. The lowest BCUT2D eigenvalue weighted by atomic mass is 9.73. The van der Waals surface area contributed by atoms with Gasteiger partial charge < -0.3 is 10.4 Å². The van der Waals surface area contributed by atoms with Gasteiger partial charge in [-0.05, 0) is 43.4 Å². The molecule has 0 heterocycles. The Morgan fingerprint density at radius 3 is 2.47 bits per heavy atom. The number of hydrogen-bond acceptors (Lipinski definition) is 2. The van der Waals surface area contributed by atoms with Gasteiger partial charge in [-0.3, -0.25) is 0 Å². The van der Waals surface area contributed by atoms with Crippen molar-refractivity contribution in [2.75, 3.05) is 13.2 Å². The van der Waals surface area contributed by atoms with Gasteiger partial charge in [-0.1, -0.05) is 40.0 Å². The van der Waals surface area contributed by atoms with E-state index in [0.717, 1.165) is 24.3 Å². The molecule has 0 aromatic heterocycles. The topological polar surface area (TPSA) is 32.3 Å². The van der Waals surface area contributed by atoms with E-state index in [1.165, 1.54) is 44.9 Å². The highest BCUT2D eigenvalue weighted by atomic mass is 16.3. The number of hydrogen-bond donors (Lipinski definition) is 2. The summed E-state index contributed by atoms with van der Waals surface area (Å²) in [6.07, 6.45) is 9.13. The largest absolute Gasteiger partial charge is 0.396 e. The van der Waals surface area contributed by atoms with Crippen molar-refractivity contribution in [2.45, 2.75) is 71.8 Å². The predicted octanol–water partition coefficient (Wildman–Crippen LogP) is 3.59. The number of aliphatic hydroxyl groups is 1. The molecular weight excluding hydrogens is 234 g/mol. The summed E-state index contributed by atoms with van der Waals surface area (Å²) in [5.41, 5.74) is 0.197. The zero-order valence-corrected chi connectivity index (χ0v) is 13.1. The summed E-state index contributed by atoms with van der Waals surface area (Å²) in [5.74, 6) is 2.47. The van der Waals surface area contributed by atoms with Crippen LogP contribution >= 0.6 is 0 Å². The van der Waals surface area contributed by atoms with Gasteiger partial charge in [0.1, 0.15) is 0 Å². The fourth-order valence-corrected chi connectivity index (χ4v) is 4.30. The molecule has 2 aliphatic carbocycles. The third kappa shape index (κ3) is 3.72. The van der Waals surface area contributed by atoms with E-state index in [-0.39, 0.29) is 5.41 Å². The van der Waals surface area contributed by atoms with Crippen molar-refractivity contribution in [2.24, 2.45) is 23.2 Å². The first-order valence-electron chi connectivity index (χ1n) is 8.40. The van der Waals surface area contributed by atoms with Crippen molar-refractivity contribution in [3.05, 3.63) is 0 Å². The molecule has 0 aromatic carbocycles. The Morgan fingerprint density at radius 1 is 1.21 bits per heavy atom. The van der Waals surface area contributed by atoms with E-state index in [9.17, 15) is 5.11 Å². The molecule has 0 saturated heterocycles. The molecule has 2 saturated carbocycles. The molecule has 2 fully saturated rings. The molecule has 3 unspecified atom stereocenters. The van der Waals surface area contributed by atoms with Crippen LogP contribution in [0.2, 0.25) is 0 Å². The summed E-state index contributed by atoms with van der Waals surface area (Å²) < 4.78 is 0. The first kappa shape index (κ1) is 15.3. The van der Waals surface area contributed by atoms with Crippen LogP contribution in [0.5, 0.6) is 0 Å². The van der Waals surface area contributed by atoms with Crippen molar-refractivity contribution in [1.29, 1.82) is 0 Å². The van der Waals surface area contributed by atoms with E-state index in [1.807, 2.05) is 0 Å². The maximum atomic E-state index is 9.73. The molecule has 2 heteroatoms. The van der Waals surface area contributed by atoms with E-state index in [4.69, 9.17) is 0 Å². The normalized spacial score (nSPS) is 34.9. The van der Waals surface area contributed by atoms with Crippen LogP contribution in [0, 0.1) is 23.2 Å². The van der Waals surface area contributed by atoms with Gasteiger partial charge >= 0.3 is 0 Å². The molecule has 2 aliphatic rings. The van der Waals surface area contributed by atoms with Gasteiger partial charge in [0.15, 0.2) is 0 Å². The van der Waals surface area contributed by atoms with Gasteiger partial charge in [0.2, 0.25) is 0 Å². The molecule has 2 N–H and O–H groups in total. The molecule has 2 rings (SSSR count). The van der Waals surface area contributed by atoms with Crippen LogP contribution in [0.1, 0.15) is 65.7 Å². The third-order valence-corrected chi connectivity index (χ3v) is 5.76. The van der Waals surface area contributed by atoms with Crippen LogP contribution in [-0.2, 0) is 0 Å². The van der Waals surface area contributed by atoms with E-state index in [2.05, 4.69) is 26.1 Å². The average molecular weight is 267 g/mol. The Kier molecular flexibility index (Phi) is 5.30. The minimum atomic E-state index is 0.197. The number of aliphatic hydroxyl groups excluding tert-OH is 1. The van der Waals surface area contributed by atoms with Crippen molar-refractivity contribution < 1.29 is 5.11 Å². The standard InChI is InChI=1S/C17H33NO/c1-13(2)15-7-6-14(3)10-16(15)18-11-17(12-19)8-4-5-9-17/h13-16,18-19H,4-12H2,1-3H3. The molecule has 3 atom stereocenters. The van der Waals surface area contributed by atoms with E-state index >= 15 is 0 Å². The summed E-state index contributed by atoms with van der Waals surface area (Å²) in [6, 6.07) is 0.674. The minimum absolute atomic E-state index is 0.197. The average Bonchev–Trinajstić information content (AvgIpc) is 2.85. The summed E-state index contributed by atoms with van der Waals surface area (Å²) in [4.78, 5) is 0. The lowest BCUT2D eigenvalue weighted by molar-refractivity contribution is 0.103. The van der Waals surface area contributed by atoms with Gasteiger partial charge in [-0.25, -0.2) is 0 Å². The Hall–Kier alpha value is -0.0800. The first-order chi connectivity index (χ1) is 9.06. The van der Waals surface area contributed by atoms with Crippen molar-refractivity contribution in [1.82, 2.24) is 5.32 Å². The van der Waals surface area contributed by atoms with Gasteiger partial charge in [0, 0.05) is 24.6 Å². The Labute approximate surface area is 119 Å². The van der Waals surface area contributed by atoms with Crippen LogP contribution in [0.4, 0.5) is 0 Å².